The Balaban J connectivity index is 1.92. The van der Waals surface area contributed by atoms with Crippen molar-refractivity contribution in [1.82, 2.24) is 5.48 Å². The molecule has 1 fully saturated rings. The van der Waals surface area contributed by atoms with E-state index >= 15 is 0 Å². The largest absolute Gasteiger partial charge is 0.274 e. The Kier molecular flexibility index (Phi) is 4.18. The van der Waals surface area contributed by atoms with Crippen molar-refractivity contribution in [3.63, 3.8) is 0 Å². The molecule has 0 bridgehead atoms. The minimum atomic E-state index is -0.174. The molecular formula is C13H16BrNO2. The number of carbonyl (C=O) groups excluding carboxylic acids is 1. The monoisotopic (exact) mass is 297 g/mol. The van der Waals surface area contributed by atoms with Gasteiger partial charge in [0.1, 0.15) is 0 Å². The molecule has 1 aromatic rings. The van der Waals surface area contributed by atoms with Gasteiger partial charge in [-0.2, -0.15) is 0 Å². The summed E-state index contributed by atoms with van der Waals surface area (Å²) in [6, 6.07) is 5.50. The van der Waals surface area contributed by atoms with Crippen LogP contribution in [0.3, 0.4) is 0 Å². The first-order valence-electron chi connectivity index (χ1n) is 5.89. The van der Waals surface area contributed by atoms with Gasteiger partial charge in [0.15, 0.2) is 0 Å². The van der Waals surface area contributed by atoms with Crippen molar-refractivity contribution >= 4 is 21.8 Å². The zero-order chi connectivity index (χ0) is 12.3. The van der Waals surface area contributed by atoms with Gasteiger partial charge in [-0.3, -0.25) is 9.63 Å². The third-order valence-electron chi connectivity index (χ3n) is 3.04. The molecule has 0 unspecified atom stereocenters. The third kappa shape index (κ3) is 3.30. The fourth-order valence-corrected chi connectivity index (χ4v) is 2.23. The van der Waals surface area contributed by atoms with Gasteiger partial charge >= 0.3 is 0 Å². The summed E-state index contributed by atoms with van der Waals surface area (Å²) in [5.74, 6) is -0.174. The highest BCUT2D eigenvalue weighted by atomic mass is 79.9. The Morgan fingerprint density at radius 3 is 2.76 bits per heavy atom. The van der Waals surface area contributed by atoms with Gasteiger partial charge in [-0.15, -0.1) is 0 Å². The van der Waals surface area contributed by atoms with Crippen LogP contribution in [0.15, 0.2) is 22.7 Å². The molecule has 0 aliphatic heterocycles. The van der Waals surface area contributed by atoms with Crippen molar-refractivity contribution in [3.05, 3.63) is 33.8 Å². The number of carbonyl (C=O) groups is 1. The Morgan fingerprint density at radius 2 is 2.12 bits per heavy atom. The summed E-state index contributed by atoms with van der Waals surface area (Å²) in [5, 5.41) is 0. The number of halogens is 1. The summed E-state index contributed by atoms with van der Waals surface area (Å²) in [4.78, 5) is 17.2. The standard InChI is InChI=1S/C13H16BrNO2/c1-9-8-10(6-7-12(9)14)13(16)15-17-11-4-2-3-5-11/h6-8,11H,2-5H2,1H3,(H,15,16). The first-order valence-corrected chi connectivity index (χ1v) is 6.68. The molecule has 0 aromatic heterocycles. The fourth-order valence-electron chi connectivity index (χ4n) is 1.99. The molecule has 0 atom stereocenters. The Bertz CT molecular complexity index is 414. The quantitative estimate of drug-likeness (QED) is 0.869. The van der Waals surface area contributed by atoms with Crippen molar-refractivity contribution in [2.75, 3.05) is 0 Å². The summed E-state index contributed by atoms with van der Waals surface area (Å²) >= 11 is 3.41. The van der Waals surface area contributed by atoms with Gasteiger partial charge in [-0.25, -0.2) is 5.48 Å². The van der Waals surface area contributed by atoms with Crippen LogP contribution in [-0.4, -0.2) is 12.0 Å². The van der Waals surface area contributed by atoms with E-state index in [2.05, 4.69) is 21.4 Å². The maximum absolute atomic E-state index is 11.8. The van der Waals surface area contributed by atoms with Crippen LogP contribution in [0.2, 0.25) is 0 Å². The number of rotatable bonds is 3. The van der Waals surface area contributed by atoms with Crippen LogP contribution >= 0.6 is 15.9 Å². The molecule has 1 aliphatic carbocycles. The predicted octanol–water partition coefficient (Wildman–Crippen LogP) is 3.36. The van der Waals surface area contributed by atoms with Gasteiger partial charge in [0, 0.05) is 10.0 Å². The molecule has 1 N–H and O–H groups in total. The number of hydroxylamine groups is 1. The lowest BCUT2D eigenvalue weighted by Gasteiger charge is -2.11. The van der Waals surface area contributed by atoms with Gasteiger partial charge in [0.05, 0.1) is 6.10 Å². The van der Waals surface area contributed by atoms with Crippen LogP contribution in [0, 0.1) is 6.92 Å². The average molecular weight is 298 g/mol. The second-order valence-corrected chi connectivity index (χ2v) is 5.27. The molecule has 92 valence electrons. The highest BCUT2D eigenvalue weighted by molar-refractivity contribution is 9.10. The molecule has 0 heterocycles. The smallest absolute Gasteiger partial charge is 0.270 e. The number of hydrogen-bond acceptors (Lipinski definition) is 2. The highest BCUT2D eigenvalue weighted by Crippen LogP contribution is 2.20. The number of nitrogens with one attached hydrogen (secondary N) is 1. The van der Waals surface area contributed by atoms with Crippen LogP contribution in [0.1, 0.15) is 41.6 Å². The van der Waals surface area contributed by atoms with E-state index in [1.165, 1.54) is 12.8 Å². The summed E-state index contributed by atoms with van der Waals surface area (Å²) in [6.45, 7) is 1.96. The van der Waals surface area contributed by atoms with Crippen molar-refractivity contribution in [2.24, 2.45) is 0 Å². The second-order valence-electron chi connectivity index (χ2n) is 4.42. The van der Waals surface area contributed by atoms with Gasteiger partial charge in [0.2, 0.25) is 0 Å². The minimum Gasteiger partial charge on any atom is -0.270 e. The van der Waals surface area contributed by atoms with Crippen molar-refractivity contribution in [3.8, 4) is 0 Å². The Hall–Kier alpha value is -0.870. The molecule has 1 saturated carbocycles. The van der Waals surface area contributed by atoms with Gasteiger partial charge in [-0.05, 0) is 43.5 Å². The molecule has 0 saturated heterocycles. The molecule has 2 rings (SSSR count). The average Bonchev–Trinajstić information content (AvgIpc) is 2.82. The fraction of sp³-hybridized carbons (Fsp3) is 0.462. The van der Waals surface area contributed by atoms with E-state index in [9.17, 15) is 4.79 Å². The van der Waals surface area contributed by atoms with E-state index in [4.69, 9.17) is 4.84 Å². The molecule has 0 spiro atoms. The van der Waals surface area contributed by atoms with Crippen molar-refractivity contribution < 1.29 is 9.63 Å². The van der Waals surface area contributed by atoms with E-state index < -0.39 is 0 Å². The van der Waals surface area contributed by atoms with Gasteiger partial charge < -0.3 is 0 Å². The second kappa shape index (κ2) is 5.65. The number of amides is 1. The van der Waals surface area contributed by atoms with Crippen molar-refractivity contribution in [1.29, 1.82) is 0 Å². The highest BCUT2D eigenvalue weighted by Gasteiger charge is 2.17. The topological polar surface area (TPSA) is 38.3 Å². The molecule has 1 aliphatic rings. The molecule has 1 aromatic carbocycles. The summed E-state index contributed by atoms with van der Waals surface area (Å²) in [5.41, 5.74) is 4.20. The number of benzene rings is 1. The Labute approximate surface area is 110 Å². The van der Waals surface area contributed by atoms with Gasteiger partial charge in [-0.1, -0.05) is 28.8 Å². The molecule has 0 radical (unpaired) electrons. The molecule has 17 heavy (non-hydrogen) atoms. The van der Waals surface area contributed by atoms with E-state index in [0.29, 0.717) is 5.56 Å². The first-order chi connectivity index (χ1) is 8.16. The molecule has 4 heteroatoms. The SMILES string of the molecule is Cc1cc(C(=O)NOC2CCCC2)ccc1Br. The molecule has 3 nitrogen and oxygen atoms in total. The Morgan fingerprint density at radius 1 is 1.41 bits per heavy atom. The third-order valence-corrected chi connectivity index (χ3v) is 3.93. The van der Waals surface area contributed by atoms with Gasteiger partial charge in [0.25, 0.3) is 5.91 Å². The van der Waals surface area contributed by atoms with E-state index in [1.54, 1.807) is 6.07 Å². The first kappa shape index (κ1) is 12.6. The summed E-state index contributed by atoms with van der Waals surface area (Å²) in [6.07, 6.45) is 4.66. The van der Waals surface area contributed by atoms with E-state index in [0.717, 1.165) is 22.9 Å². The van der Waals surface area contributed by atoms with E-state index in [-0.39, 0.29) is 12.0 Å². The predicted molar refractivity (Wildman–Crippen MR) is 69.7 cm³/mol. The van der Waals surface area contributed by atoms with Crippen LogP contribution in [0.4, 0.5) is 0 Å². The maximum atomic E-state index is 11.8. The number of hydrogen-bond donors (Lipinski definition) is 1. The zero-order valence-corrected chi connectivity index (χ0v) is 11.4. The normalized spacial score (nSPS) is 16.1. The maximum Gasteiger partial charge on any atom is 0.274 e. The zero-order valence-electron chi connectivity index (χ0n) is 9.83. The van der Waals surface area contributed by atoms with Crippen LogP contribution in [-0.2, 0) is 4.84 Å². The summed E-state index contributed by atoms with van der Waals surface area (Å²) in [7, 11) is 0. The summed E-state index contributed by atoms with van der Waals surface area (Å²) < 4.78 is 1.01. The molecule has 1 amide bonds. The number of aryl methyl sites for hydroxylation is 1. The minimum absolute atomic E-state index is 0.174. The lowest BCUT2D eigenvalue weighted by Crippen LogP contribution is -2.28. The van der Waals surface area contributed by atoms with Crippen molar-refractivity contribution in [2.45, 2.75) is 38.7 Å². The molecular weight excluding hydrogens is 282 g/mol. The van der Waals surface area contributed by atoms with Crippen LogP contribution in [0.25, 0.3) is 0 Å². The lowest BCUT2D eigenvalue weighted by molar-refractivity contribution is -0.0124. The van der Waals surface area contributed by atoms with Crippen LogP contribution < -0.4 is 5.48 Å². The van der Waals surface area contributed by atoms with E-state index in [1.807, 2.05) is 19.1 Å². The lowest BCUT2D eigenvalue weighted by atomic mass is 10.1. The van der Waals surface area contributed by atoms with Crippen LogP contribution in [0.5, 0.6) is 0 Å².